The smallest absolute Gasteiger partial charge is 0.295 e. The molecule has 1 N–H and O–H groups in total. The number of ether oxygens (including phenoxy) is 1. The van der Waals surface area contributed by atoms with Gasteiger partial charge in [0.15, 0.2) is 0 Å². The molecule has 1 atom stereocenters. The molecule has 2 fully saturated rings. The molecule has 1 unspecified atom stereocenters. The third-order valence-electron chi connectivity index (χ3n) is 6.81. The summed E-state index contributed by atoms with van der Waals surface area (Å²) < 4.78 is 13.0. The van der Waals surface area contributed by atoms with Crippen LogP contribution >= 0.6 is 0 Å². The van der Waals surface area contributed by atoms with Crippen LogP contribution in [0.3, 0.4) is 0 Å². The molecule has 4 heterocycles. The van der Waals surface area contributed by atoms with E-state index in [-0.39, 0.29) is 11.3 Å². The molecule has 36 heavy (non-hydrogen) atoms. The van der Waals surface area contributed by atoms with Gasteiger partial charge in [0, 0.05) is 26.2 Å². The Bertz CT molecular complexity index is 1290. The van der Waals surface area contributed by atoms with E-state index in [0.717, 1.165) is 25.3 Å². The van der Waals surface area contributed by atoms with Gasteiger partial charge in [-0.15, -0.1) is 0 Å². The minimum absolute atomic E-state index is 0.0245. The number of carbonyl (C=O) groups is 2. The number of aliphatic hydroxyl groups excluding tert-OH is 1. The molecular formula is C27H30N4O5. The fourth-order valence-corrected chi connectivity index (χ4v) is 4.91. The van der Waals surface area contributed by atoms with Crippen LogP contribution in [0.1, 0.15) is 35.2 Å². The SMILES string of the molecule is Cc1ccc(C2C(=C(O)c3cnn(-c4ccccc4)c3C)C(=O)C(=O)N2CCCN2CCOCC2)o1. The van der Waals surface area contributed by atoms with Gasteiger partial charge in [-0.05, 0) is 44.5 Å². The molecule has 188 valence electrons. The summed E-state index contributed by atoms with van der Waals surface area (Å²) in [4.78, 5) is 30.2. The fraction of sp³-hybridized carbons (Fsp3) is 0.370. The Hall–Kier alpha value is -3.69. The number of benzene rings is 1. The van der Waals surface area contributed by atoms with Gasteiger partial charge in [0.2, 0.25) is 0 Å². The number of morpholine rings is 1. The maximum Gasteiger partial charge on any atom is 0.295 e. The van der Waals surface area contributed by atoms with Crippen LogP contribution in [0.5, 0.6) is 0 Å². The summed E-state index contributed by atoms with van der Waals surface area (Å²) in [6.45, 7) is 7.89. The Morgan fingerprint density at radius 2 is 1.81 bits per heavy atom. The predicted octanol–water partition coefficient (Wildman–Crippen LogP) is 3.23. The highest BCUT2D eigenvalue weighted by molar-refractivity contribution is 6.46. The van der Waals surface area contributed by atoms with Crippen molar-refractivity contribution >= 4 is 17.4 Å². The molecule has 0 aliphatic carbocycles. The molecular weight excluding hydrogens is 460 g/mol. The summed E-state index contributed by atoms with van der Waals surface area (Å²) in [5.74, 6) is -0.483. The van der Waals surface area contributed by atoms with E-state index >= 15 is 0 Å². The Morgan fingerprint density at radius 3 is 2.50 bits per heavy atom. The van der Waals surface area contributed by atoms with Crippen molar-refractivity contribution in [1.29, 1.82) is 0 Å². The highest BCUT2D eigenvalue weighted by atomic mass is 16.5. The van der Waals surface area contributed by atoms with Crippen molar-refractivity contribution in [3.63, 3.8) is 0 Å². The van der Waals surface area contributed by atoms with E-state index in [2.05, 4.69) is 10.00 Å². The number of likely N-dealkylation sites (tertiary alicyclic amines) is 1. The van der Waals surface area contributed by atoms with Crippen molar-refractivity contribution < 1.29 is 23.8 Å². The van der Waals surface area contributed by atoms with Gasteiger partial charge in [-0.1, -0.05) is 18.2 Å². The summed E-state index contributed by atoms with van der Waals surface area (Å²) in [7, 11) is 0. The quantitative estimate of drug-likeness (QED) is 0.308. The number of para-hydroxylation sites is 1. The van der Waals surface area contributed by atoms with Crippen LogP contribution in [-0.2, 0) is 14.3 Å². The number of rotatable bonds is 7. The lowest BCUT2D eigenvalue weighted by Gasteiger charge is -2.28. The second-order valence-electron chi connectivity index (χ2n) is 9.14. The summed E-state index contributed by atoms with van der Waals surface area (Å²) >= 11 is 0. The first-order valence-corrected chi connectivity index (χ1v) is 12.2. The molecule has 0 bridgehead atoms. The third-order valence-corrected chi connectivity index (χ3v) is 6.81. The summed E-state index contributed by atoms with van der Waals surface area (Å²) in [6, 6.07) is 12.3. The standard InChI is InChI=1S/C27H30N4O5/c1-18-9-10-22(36-18)24-23(25(32)21-17-28-31(19(21)2)20-7-4-3-5-8-20)26(33)27(34)30(24)12-6-11-29-13-15-35-16-14-29/h3-5,7-10,17,24,32H,6,11-16H2,1-2H3. The van der Waals surface area contributed by atoms with Gasteiger partial charge in [0.05, 0.1) is 41.9 Å². The molecule has 0 radical (unpaired) electrons. The number of ketones is 1. The fourth-order valence-electron chi connectivity index (χ4n) is 4.91. The highest BCUT2D eigenvalue weighted by Gasteiger charge is 2.47. The van der Waals surface area contributed by atoms with Gasteiger partial charge in [-0.25, -0.2) is 4.68 Å². The van der Waals surface area contributed by atoms with Crippen LogP contribution < -0.4 is 0 Å². The zero-order chi connectivity index (χ0) is 25.2. The van der Waals surface area contributed by atoms with Crippen LogP contribution in [0.4, 0.5) is 0 Å². The monoisotopic (exact) mass is 490 g/mol. The minimum Gasteiger partial charge on any atom is -0.507 e. The first-order valence-electron chi connectivity index (χ1n) is 12.2. The van der Waals surface area contributed by atoms with Gasteiger partial charge < -0.3 is 19.2 Å². The van der Waals surface area contributed by atoms with Gasteiger partial charge in [0.1, 0.15) is 23.3 Å². The Kier molecular flexibility index (Phi) is 6.75. The van der Waals surface area contributed by atoms with Crippen molar-refractivity contribution in [2.24, 2.45) is 0 Å². The average molecular weight is 491 g/mol. The molecule has 2 saturated heterocycles. The molecule has 9 nitrogen and oxygen atoms in total. The number of aromatic nitrogens is 2. The van der Waals surface area contributed by atoms with Crippen LogP contribution in [0, 0.1) is 13.8 Å². The molecule has 3 aromatic rings. The summed E-state index contributed by atoms with van der Waals surface area (Å²) in [6.07, 6.45) is 2.21. The lowest BCUT2D eigenvalue weighted by atomic mass is 9.99. The van der Waals surface area contributed by atoms with Crippen LogP contribution in [0.2, 0.25) is 0 Å². The van der Waals surface area contributed by atoms with E-state index < -0.39 is 17.7 Å². The van der Waals surface area contributed by atoms with Gasteiger partial charge in [-0.2, -0.15) is 5.10 Å². The van der Waals surface area contributed by atoms with Crippen molar-refractivity contribution in [3.8, 4) is 5.69 Å². The third kappa shape index (κ3) is 4.47. The lowest BCUT2D eigenvalue weighted by molar-refractivity contribution is -0.140. The number of hydrogen-bond donors (Lipinski definition) is 1. The molecule has 0 spiro atoms. The predicted molar refractivity (Wildman–Crippen MR) is 133 cm³/mol. The zero-order valence-corrected chi connectivity index (χ0v) is 20.5. The number of aryl methyl sites for hydroxylation is 1. The normalized spacial score (nSPS) is 20.4. The Balaban J connectivity index is 1.49. The van der Waals surface area contributed by atoms with E-state index in [4.69, 9.17) is 9.15 Å². The zero-order valence-electron chi connectivity index (χ0n) is 20.5. The molecule has 5 rings (SSSR count). The van der Waals surface area contributed by atoms with Crippen LogP contribution in [-0.4, -0.2) is 75.8 Å². The van der Waals surface area contributed by atoms with Crippen LogP contribution in [0.25, 0.3) is 11.4 Å². The number of furan rings is 1. The van der Waals surface area contributed by atoms with Gasteiger partial charge in [0.25, 0.3) is 11.7 Å². The van der Waals surface area contributed by atoms with Gasteiger partial charge >= 0.3 is 0 Å². The Morgan fingerprint density at radius 1 is 1.06 bits per heavy atom. The minimum atomic E-state index is -0.803. The first kappa shape index (κ1) is 24.0. The molecule has 0 saturated carbocycles. The first-order chi connectivity index (χ1) is 17.5. The van der Waals surface area contributed by atoms with Crippen molar-refractivity contribution in [1.82, 2.24) is 19.6 Å². The summed E-state index contributed by atoms with van der Waals surface area (Å²) in [5.41, 5.74) is 1.91. The van der Waals surface area contributed by atoms with E-state index in [0.29, 0.717) is 49.0 Å². The number of nitrogens with zero attached hydrogens (tertiary/aromatic N) is 4. The second-order valence-corrected chi connectivity index (χ2v) is 9.14. The van der Waals surface area contributed by atoms with Crippen molar-refractivity contribution in [3.05, 3.63) is 77.0 Å². The largest absolute Gasteiger partial charge is 0.507 e. The van der Waals surface area contributed by atoms with Gasteiger partial charge in [-0.3, -0.25) is 14.5 Å². The van der Waals surface area contributed by atoms with Crippen molar-refractivity contribution in [2.75, 3.05) is 39.4 Å². The number of Topliss-reactive ketones (excluding diaryl/α,β-unsaturated/α-hetero) is 1. The lowest BCUT2D eigenvalue weighted by Crippen LogP contribution is -2.38. The van der Waals surface area contributed by atoms with Crippen molar-refractivity contribution in [2.45, 2.75) is 26.3 Å². The average Bonchev–Trinajstić information content (AvgIpc) is 3.57. The highest BCUT2D eigenvalue weighted by Crippen LogP contribution is 2.40. The topological polar surface area (TPSA) is 101 Å². The number of aliphatic hydroxyl groups is 1. The molecule has 9 heteroatoms. The van der Waals surface area contributed by atoms with E-state index in [1.807, 2.05) is 44.2 Å². The molecule has 2 aromatic heterocycles. The molecule has 1 amide bonds. The second kappa shape index (κ2) is 10.1. The number of amides is 1. The molecule has 1 aromatic carbocycles. The maximum absolute atomic E-state index is 13.3. The van der Waals surface area contributed by atoms with Crippen LogP contribution in [0.15, 0.2) is 58.7 Å². The number of carbonyl (C=O) groups excluding carboxylic acids is 2. The Labute approximate surface area is 209 Å². The van der Waals surface area contributed by atoms with E-state index in [1.54, 1.807) is 16.8 Å². The van der Waals surface area contributed by atoms with E-state index in [1.165, 1.54) is 11.1 Å². The van der Waals surface area contributed by atoms with E-state index in [9.17, 15) is 14.7 Å². The molecule has 2 aliphatic rings. The molecule has 2 aliphatic heterocycles. The summed E-state index contributed by atoms with van der Waals surface area (Å²) in [5, 5.41) is 15.8. The number of hydrogen-bond acceptors (Lipinski definition) is 7. The maximum atomic E-state index is 13.3.